The minimum atomic E-state index is -0.0776. The first-order valence-electron chi connectivity index (χ1n) is 10.7. The summed E-state index contributed by atoms with van der Waals surface area (Å²) in [5.41, 5.74) is 6.57. The van der Waals surface area contributed by atoms with E-state index in [9.17, 15) is 9.59 Å². The van der Waals surface area contributed by atoms with Gasteiger partial charge in [-0.25, -0.2) is 10.1 Å². The number of benzene rings is 1. The lowest BCUT2D eigenvalue weighted by Crippen LogP contribution is -2.37. The van der Waals surface area contributed by atoms with Crippen molar-refractivity contribution >= 4 is 17.5 Å². The molecular formula is C23H29N5O3. The Hall–Kier alpha value is -3.16. The van der Waals surface area contributed by atoms with Crippen molar-refractivity contribution < 1.29 is 14.3 Å². The highest BCUT2D eigenvalue weighted by Crippen LogP contribution is 2.41. The number of rotatable bonds is 6. The van der Waals surface area contributed by atoms with E-state index in [-0.39, 0.29) is 23.3 Å². The zero-order valence-electron chi connectivity index (χ0n) is 18.3. The van der Waals surface area contributed by atoms with Crippen LogP contribution < -0.4 is 15.5 Å². The highest BCUT2D eigenvalue weighted by molar-refractivity contribution is 5.94. The number of methoxy groups -OCH3 is 1. The van der Waals surface area contributed by atoms with Gasteiger partial charge in [0, 0.05) is 24.1 Å². The van der Waals surface area contributed by atoms with Crippen molar-refractivity contribution in [3.8, 4) is 11.4 Å². The molecule has 0 saturated heterocycles. The molecule has 2 N–H and O–H groups in total. The van der Waals surface area contributed by atoms with Gasteiger partial charge in [0.05, 0.1) is 30.7 Å². The van der Waals surface area contributed by atoms with Crippen molar-refractivity contribution in [1.29, 1.82) is 0 Å². The number of aromatic nitrogens is 2. The molecule has 0 spiro atoms. The molecule has 8 nitrogen and oxygen atoms in total. The van der Waals surface area contributed by atoms with E-state index in [1.54, 1.807) is 7.11 Å². The van der Waals surface area contributed by atoms with Crippen LogP contribution >= 0.6 is 0 Å². The van der Waals surface area contributed by atoms with Gasteiger partial charge < -0.3 is 10.1 Å². The maximum absolute atomic E-state index is 12.7. The largest absolute Gasteiger partial charge is 0.497 e. The second-order valence-corrected chi connectivity index (χ2v) is 9.03. The molecule has 4 rings (SSSR count). The lowest BCUT2D eigenvalue weighted by Gasteiger charge is -2.36. The van der Waals surface area contributed by atoms with Gasteiger partial charge in [-0.05, 0) is 55.4 Å². The molecule has 0 unspecified atom stereocenters. The molecule has 2 amide bonds. The Morgan fingerprint density at radius 1 is 1.29 bits per heavy atom. The second kappa shape index (κ2) is 8.53. The lowest BCUT2D eigenvalue weighted by atomic mass is 9.74. The third-order valence-corrected chi connectivity index (χ3v) is 5.95. The first-order valence-corrected chi connectivity index (χ1v) is 10.7. The van der Waals surface area contributed by atoms with Gasteiger partial charge in [0.25, 0.3) is 0 Å². The molecule has 2 aliphatic rings. The summed E-state index contributed by atoms with van der Waals surface area (Å²) in [7, 11) is 1.65. The Kier molecular flexibility index (Phi) is 5.80. The second-order valence-electron chi connectivity index (χ2n) is 9.03. The molecule has 31 heavy (non-hydrogen) atoms. The molecule has 8 heteroatoms. The van der Waals surface area contributed by atoms with E-state index in [4.69, 9.17) is 4.74 Å². The van der Waals surface area contributed by atoms with Crippen molar-refractivity contribution in [2.75, 3.05) is 7.11 Å². The van der Waals surface area contributed by atoms with Gasteiger partial charge in [0.1, 0.15) is 5.75 Å². The van der Waals surface area contributed by atoms with Gasteiger partial charge in [-0.3, -0.25) is 9.59 Å². The lowest BCUT2D eigenvalue weighted by molar-refractivity contribution is -0.122. The summed E-state index contributed by atoms with van der Waals surface area (Å²) < 4.78 is 7.23. The third kappa shape index (κ3) is 4.78. The number of carbonyl (C=O) groups is 2. The monoisotopic (exact) mass is 423 g/mol. The Labute approximate surface area is 182 Å². The molecule has 2 aromatic rings. The summed E-state index contributed by atoms with van der Waals surface area (Å²) in [4.78, 5) is 23.9. The summed E-state index contributed by atoms with van der Waals surface area (Å²) >= 11 is 0. The van der Waals surface area contributed by atoms with Gasteiger partial charge in [-0.15, -0.1) is 0 Å². The summed E-state index contributed by atoms with van der Waals surface area (Å²) in [6, 6.07) is 7.75. The van der Waals surface area contributed by atoms with E-state index in [1.165, 1.54) is 0 Å². The summed E-state index contributed by atoms with van der Waals surface area (Å²) in [5.74, 6) is 0.724. The highest BCUT2D eigenvalue weighted by Gasteiger charge is 2.36. The zero-order chi connectivity index (χ0) is 22.0. The first kappa shape index (κ1) is 21.1. The molecule has 1 aliphatic heterocycles. The number of amides is 2. The number of hydrazone groups is 1. The molecular weight excluding hydrogens is 394 g/mol. The number of nitrogens with one attached hydrogen (secondary N) is 2. The molecule has 0 saturated carbocycles. The zero-order valence-corrected chi connectivity index (χ0v) is 18.3. The van der Waals surface area contributed by atoms with Gasteiger partial charge in [-0.1, -0.05) is 13.8 Å². The number of carbonyl (C=O) groups excluding carboxylic acids is 2. The summed E-state index contributed by atoms with van der Waals surface area (Å²) in [5, 5.41) is 11.9. The fraction of sp³-hybridized carbons (Fsp3) is 0.478. The van der Waals surface area contributed by atoms with E-state index in [0.29, 0.717) is 25.7 Å². The average Bonchev–Trinajstić information content (AvgIpc) is 3.16. The van der Waals surface area contributed by atoms with Gasteiger partial charge in [-0.2, -0.15) is 10.2 Å². The van der Waals surface area contributed by atoms with Crippen molar-refractivity contribution in [1.82, 2.24) is 20.5 Å². The van der Waals surface area contributed by atoms with E-state index < -0.39 is 0 Å². The maximum Gasteiger partial charge on any atom is 0.240 e. The number of hydrogen-bond donors (Lipinski definition) is 2. The molecule has 0 radical (unpaired) electrons. The molecule has 0 fully saturated rings. The van der Waals surface area contributed by atoms with Crippen LogP contribution in [0.3, 0.4) is 0 Å². The SMILES string of the molecule is COc1ccc(-n2ncc3c2CC(C)(C)C[C@@H]3NC(=O)CCC2=NNC(=O)CC2)cc1. The Morgan fingerprint density at radius 2 is 2.06 bits per heavy atom. The standard InChI is InChI=1S/C23H29N5O3/c1-23(2)12-19(25-21(29)10-4-15-5-11-22(30)27-26-15)18-14-24-28(20(18)13-23)16-6-8-17(31-3)9-7-16/h6-9,14,19H,4-5,10-13H2,1-3H3,(H,25,29)(H,27,30)/t19-/m0/s1. The fourth-order valence-corrected chi connectivity index (χ4v) is 4.33. The first-order chi connectivity index (χ1) is 14.8. The van der Waals surface area contributed by atoms with Crippen LogP contribution in [0, 0.1) is 5.41 Å². The molecule has 0 bridgehead atoms. The smallest absolute Gasteiger partial charge is 0.240 e. The number of fused-ring (bicyclic) bond motifs is 1. The number of nitrogens with zero attached hydrogens (tertiary/aromatic N) is 3. The minimum Gasteiger partial charge on any atom is -0.497 e. The highest BCUT2D eigenvalue weighted by atomic mass is 16.5. The molecule has 2 heterocycles. The predicted molar refractivity (Wildman–Crippen MR) is 117 cm³/mol. The van der Waals surface area contributed by atoms with E-state index in [1.807, 2.05) is 35.1 Å². The van der Waals surface area contributed by atoms with Crippen LogP contribution in [0.15, 0.2) is 35.6 Å². The van der Waals surface area contributed by atoms with Gasteiger partial charge in [0.15, 0.2) is 0 Å². The van der Waals surface area contributed by atoms with E-state index >= 15 is 0 Å². The summed E-state index contributed by atoms with van der Waals surface area (Å²) in [6.07, 6.45) is 5.59. The van der Waals surface area contributed by atoms with Crippen molar-refractivity contribution in [3.63, 3.8) is 0 Å². The van der Waals surface area contributed by atoms with Crippen LogP contribution in [0.5, 0.6) is 5.75 Å². The van der Waals surface area contributed by atoms with Crippen LogP contribution in [0.2, 0.25) is 0 Å². The maximum atomic E-state index is 12.7. The molecule has 1 aromatic heterocycles. The van der Waals surface area contributed by atoms with Crippen molar-refractivity contribution in [2.24, 2.45) is 10.5 Å². The number of ether oxygens (including phenoxy) is 1. The number of hydrogen-bond acceptors (Lipinski definition) is 5. The predicted octanol–water partition coefficient (Wildman–Crippen LogP) is 3.06. The van der Waals surface area contributed by atoms with Gasteiger partial charge in [0.2, 0.25) is 11.8 Å². The molecule has 1 aliphatic carbocycles. The molecule has 1 atom stereocenters. The fourth-order valence-electron chi connectivity index (χ4n) is 4.33. The minimum absolute atomic E-state index is 0.00884. The summed E-state index contributed by atoms with van der Waals surface area (Å²) in [6.45, 7) is 4.44. The van der Waals surface area contributed by atoms with Crippen molar-refractivity contribution in [3.05, 3.63) is 41.7 Å². The van der Waals surface area contributed by atoms with Gasteiger partial charge >= 0.3 is 0 Å². The van der Waals surface area contributed by atoms with Crippen LogP contribution in [-0.2, 0) is 16.0 Å². The Morgan fingerprint density at radius 3 is 2.74 bits per heavy atom. The van der Waals surface area contributed by atoms with E-state index in [0.717, 1.165) is 41.2 Å². The topological polar surface area (TPSA) is 97.6 Å². The molecule has 164 valence electrons. The third-order valence-electron chi connectivity index (χ3n) is 5.95. The van der Waals surface area contributed by atoms with Crippen LogP contribution in [0.4, 0.5) is 0 Å². The van der Waals surface area contributed by atoms with Crippen molar-refractivity contribution in [2.45, 2.75) is 58.4 Å². The average molecular weight is 424 g/mol. The van der Waals surface area contributed by atoms with E-state index in [2.05, 4.69) is 34.8 Å². The Balaban J connectivity index is 1.49. The Bertz CT molecular complexity index is 1010. The van der Waals surface area contributed by atoms with Crippen LogP contribution in [0.25, 0.3) is 5.69 Å². The normalized spacial score (nSPS) is 19.8. The molecule has 1 aromatic carbocycles. The van der Waals surface area contributed by atoms with Crippen LogP contribution in [-0.4, -0.2) is 34.4 Å². The van der Waals surface area contributed by atoms with Crippen LogP contribution in [0.1, 0.15) is 63.3 Å². The quantitative estimate of drug-likeness (QED) is 0.746.